The Morgan fingerprint density at radius 2 is 2.55 bits per heavy atom. The molecular formula is C8H9N3. The Hall–Kier alpha value is -1.56. The molecule has 0 fully saturated rings. The molecule has 0 aliphatic rings. The van der Waals surface area contributed by atoms with Gasteiger partial charge in [0.1, 0.15) is 0 Å². The highest BCUT2D eigenvalue weighted by atomic mass is 14.9. The summed E-state index contributed by atoms with van der Waals surface area (Å²) in [4.78, 5) is 4.06. The van der Waals surface area contributed by atoms with Gasteiger partial charge in [-0.15, -0.1) is 0 Å². The van der Waals surface area contributed by atoms with Crippen molar-refractivity contribution in [2.45, 2.75) is 13.5 Å². The molecule has 0 amide bonds. The molecule has 0 unspecified atom stereocenters. The lowest BCUT2D eigenvalue weighted by molar-refractivity contribution is 0.846. The normalized spacial score (nSPS) is 8.73. The molecule has 1 rings (SSSR count). The monoisotopic (exact) mass is 147 g/mol. The fourth-order valence-corrected chi connectivity index (χ4v) is 0.826. The highest BCUT2D eigenvalue weighted by Crippen LogP contribution is 1.98. The molecule has 1 aromatic heterocycles. The van der Waals surface area contributed by atoms with Crippen LogP contribution in [0.1, 0.15) is 11.3 Å². The maximum Gasteiger partial charge on any atom is 0.176 e. The van der Waals surface area contributed by atoms with Gasteiger partial charge in [-0.2, -0.15) is 5.26 Å². The van der Waals surface area contributed by atoms with Crippen molar-refractivity contribution in [3.63, 3.8) is 0 Å². The third kappa shape index (κ3) is 2.26. The number of nitrogens with zero attached hydrogens (tertiary/aromatic N) is 2. The Morgan fingerprint density at radius 3 is 3.18 bits per heavy atom. The van der Waals surface area contributed by atoms with Gasteiger partial charge in [0.2, 0.25) is 0 Å². The lowest BCUT2D eigenvalue weighted by Crippen LogP contribution is -2.06. The summed E-state index contributed by atoms with van der Waals surface area (Å²) < 4.78 is 0. The quantitative estimate of drug-likeness (QED) is 0.500. The van der Waals surface area contributed by atoms with E-state index in [9.17, 15) is 0 Å². The van der Waals surface area contributed by atoms with Crippen LogP contribution < -0.4 is 5.32 Å². The van der Waals surface area contributed by atoms with Crippen molar-refractivity contribution < 1.29 is 0 Å². The first kappa shape index (κ1) is 7.55. The third-order valence-electron chi connectivity index (χ3n) is 1.32. The predicted octanol–water partition coefficient (Wildman–Crippen LogP) is 0.961. The van der Waals surface area contributed by atoms with Gasteiger partial charge in [0, 0.05) is 6.20 Å². The van der Waals surface area contributed by atoms with Crippen molar-refractivity contribution in [3.8, 4) is 6.19 Å². The van der Waals surface area contributed by atoms with Crippen molar-refractivity contribution in [1.29, 1.82) is 5.26 Å². The van der Waals surface area contributed by atoms with Crippen LogP contribution in [0.2, 0.25) is 0 Å². The number of hydrogen-bond acceptors (Lipinski definition) is 3. The van der Waals surface area contributed by atoms with Crippen LogP contribution in [0, 0.1) is 18.4 Å². The summed E-state index contributed by atoms with van der Waals surface area (Å²) in [5, 5.41) is 10.7. The number of aryl methyl sites for hydroxylation is 1. The maximum atomic E-state index is 8.21. The SMILES string of the molecule is Cc1ccnc(CNC#N)c1. The van der Waals surface area contributed by atoms with Gasteiger partial charge in [0.15, 0.2) is 6.19 Å². The fraction of sp³-hybridized carbons (Fsp3) is 0.250. The van der Waals surface area contributed by atoms with Gasteiger partial charge >= 0.3 is 0 Å². The molecule has 0 atom stereocenters. The number of hydrogen-bond donors (Lipinski definition) is 1. The van der Waals surface area contributed by atoms with E-state index in [1.165, 1.54) is 0 Å². The Labute approximate surface area is 65.7 Å². The van der Waals surface area contributed by atoms with Gasteiger partial charge < -0.3 is 5.32 Å². The second kappa shape index (κ2) is 3.57. The first-order chi connectivity index (χ1) is 5.33. The summed E-state index contributed by atoms with van der Waals surface area (Å²) in [6.07, 6.45) is 3.59. The number of nitrogens with one attached hydrogen (secondary N) is 1. The zero-order chi connectivity index (χ0) is 8.10. The van der Waals surface area contributed by atoms with Gasteiger partial charge in [-0.3, -0.25) is 4.98 Å². The van der Waals surface area contributed by atoms with Crippen molar-refractivity contribution in [2.75, 3.05) is 0 Å². The van der Waals surface area contributed by atoms with Crippen LogP contribution in [0.5, 0.6) is 0 Å². The summed E-state index contributed by atoms with van der Waals surface area (Å²) in [7, 11) is 0. The number of nitriles is 1. The van der Waals surface area contributed by atoms with E-state index in [1.807, 2.05) is 25.2 Å². The summed E-state index contributed by atoms with van der Waals surface area (Å²) >= 11 is 0. The van der Waals surface area contributed by atoms with Crippen LogP contribution in [0.4, 0.5) is 0 Å². The van der Waals surface area contributed by atoms with E-state index >= 15 is 0 Å². The first-order valence-electron chi connectivity index (χ1n) is 3.36. The molecule has 0 bridgehead atoms. The second-order valence-electron chi connectivity index (χ2n) is 2.29. The van der Waals surface area contributed by atoms with Crippen molar-refractivity contribution in [3.05, 3.63) is 29.6 Å². The average Bonchev–Trinajstić information content (AvgIpc) is 2.01. The number of aromatic nitrogens is 1. The van der Waals surface area contributed by atoms with Gasteiger partial charge in [-0.25, -0.2) is 0 Å². The smallest absolute Gasteiger partial charge is 0.176 e. The Bertz CT molecular complexity index is 275. The van der Waals surface area contributed by atoms with Crippen molar-refractivity contribution >= 4 is 0 Å². The highest BCUT2D eigenvalue weighted by Gasteiger charge is 1.91. The zero-order valence-corrected chi connectivity index (χ0v) is 6.33. The Kier molecular flexibility index (Phi) is 2.45. The highest BCUT2D eigenvalue weighted by molar-refractivity contribution is 5.14. The summed E-state index contributed by atoms with van der Waals surface area (Å²) in [5.41, 5.74) is 2.06. The molecule has 0 aliphatic carbocycles. The van der Waals surface area contributed by atoms with Crippen LogP contribution in [0.3, 0.4) is 0 Å². The molecule has 0 saturated carbocycles. The lowest BCUT2D eigenvalue weighted by Gasteiger charge is -1.97. The van der Waals surface area contributed by atoms with Crippen molar-refractivity contribution in [1.82, 2.24) is 10.3 Å². The second-order valence-corrected chi connectivity index (χ2v) is 2.29. The predicted molar refractivity (Wildman–Crippen MR) is 41.4 cm³/mol. The Balaban J connectivity index is 2.65. The minimum Gasteiger partial charge on any atom is -0.318 e. The molecule has 3 nitrogen and oxygen atoms in total. The molecule has 11 heavy (non-hydrogen) atoms. The Morgan fingerprint density at radius 1 is 1.73 bits per heavy atom. The molecule has 1 N–H and O–H groups in total. The molecule has 0 radical (unpaired) electrons. The minimum atomic E-state index is 0.512. The van der Waals surface area contributed by atoms with E-state index in [1.54, 1.807) is 6.20 Å². The molecule has 3 heteroatoms. The summed E-state index contributed by atoms with van der Waals surface area (Å²) in [5.74, 6) is 0. The van der Waals surface area contributed by atoms with E-state index < -0.39 is 0 Å². The van der Waals surface area contributed by atoms with Gasteiger partial charge in [-0.1, -0.05) is 0 Å². The number of rotatable bonds is 2. The third-order valence-corrected chi connectivity index (χ3v) is 1.32. The minimum absolute atomic E-state index is 0.512. The molecule has 0 saturated heterocycles. The largest absolute Gasteiger partial charge is 0.318 e. The molecule has 1 aromatic rings. The van der Waals surface area contributed by atoms with Gasteiger partial charge in [0.25, 0.3) is 0 Å². The van der Waals surface area contributed by atoms with E-state index in [2.05, 4.69) is 10.3 Å². The summed E-state index contributed by atoms with van der Waals surface area (Å²) in [6, 6.07) is 3.88. The molecule has 1 heterocycles. The van der Waals surface area contributed by atoms with E-state index in [4.69, 9.17) is 5.26 Å². The van der Waals surface area contributed by atoms with Gasteiger partial charge in [0.05, 0.1) is 12.2 Å². The molecule has 56 valence electrons. The van der Waals surface area contributed by atoms with E-state index in [-0.39, 0.29) is 0 Å². The molecular weight excluding hydrogens is 138 g/mol. The van der Waals surface area contributed by atoms with E-state index in [0.717, 1.165) is 11.3 Å². The van der Waals surface area contributed by atoms with Crippen LogP contribution in [0.25, 0.3) is 0 Å². The maximum absolute atomic E-state index is 8.21. The molecule has 0 aliphatic heterocycles. The topological polar surface area (TPSA) is 48.7 Å². The fourth-order valence-electron chi connectivity index (χ4n) is 0.826. The standard InChI is InChI=1S/C8H9N3/c1-7-2-3-11-8(4-7)5-10-6-9/h2-4,10H,5H2,1H3. The lowest BCUT2D eigenvalue weighted by atomic mass is 10.2. The van der Waals surface area contributed by atoms with Crippen LogP contribution >= 0.6 is 0 Å². The van der Waals surface area contributed by atoms with Crippen LogP contribution in [0.15, 0.2) is 18.3 Å². The number of pyridine rings is 1. The van der Waals surface area contributed by atoms with Crippen LogP contribution in [-0.2, 0) is 6.54 Å². The zero-order valence-electron chi connectivity index (χ0n) is 6.33. The summed E-state index contributed by atoms with van der Waals surface area (Å²) in [6.45, 7) is 2.51. The van der Waals surface area contributed by atoms with Gasteiger partial charge in [-0.05, 0) is 24.6 Å². The first-order valence-corrected chi connectivity index (χ1v) is 3.36. The molecule has 0 aromatic carbocycles. The van der Waals surface area contributed by atoms with Crippen LogP contribution in [-0.4, -0.2) is 4.98 Å². The van der Waals surface area contributed by atoms with E-state index in [0.29, 0.717) is 6.54 Å². The molecule has 0 spiro atoms. The van der Waals surface area contributed by atoms with Crippen molar-refractivity contribution in [2.24, 2.45) is 0 Å². The average molecular weight is 147 g/mol.